The van der Waals surface area contributed by atoms with Crippen molar-refractivity contribution in [3.05, 3.63) is 58.1 Å². The Morgan fingerprint density at radius 3 is 2.71 bits per heavy atom. The van der Waals surface area contributed by atoms with E-state index in [4.69, 9.17) is 5.73 Å². The van der Waals surface area contributed by atoms with Gasteiger partial charge in [-0.1, -0.05) is 29.8 Å². The molecule has 1 aromatic carbocycles. The largest absolute Gasteiger partial charge is 0.383 e. The summed E-state index contributed by atoms with van der Waals surface area (Å²) in [6.07, 6.45) is 2.14. The van der Waals surface area contributed by atoms with Crippen molar-refractivity contribution in [3.63, 3.8) is 0 Å². The number of Topliss-reactive ketones (excluding diaryl/α,β-unsaturated/α-hetero) is 1. The molecule has 0 spiro atoms. The van der Waals surface area contributed by atoms with E-state index in [0.29, 0.717) is 17.8 Å². The molecule has 2 aliphatic rings. The lowest BCUT2D eigenvalue weighted by Gasteiger charge is -2.42. The van der Waals surface area contributed by atoms with E-state index in [0.717, 1.165) is 35.2 Å². The Hall–Kier alpha value is -2.58. The molecule has 124 valence electrons. The first kappa shape index (κ1) is 16.3. The van der Waals surface area contributed by atoms with E-state index in [2.05, 4.69) is 6.07 Å². The summed E-state index contributed by atoms with van der Waals surface area (Å²) >= 11 is 0. The Labute approximate surface area is 142 Å². The molecule has 0 radical (unpaired) electrons. The molecule has 1 unspecified atom stereocenters. The summed E-state index contributed by atoms with van der Waals surface area (Å²) < 4.78 is 0. The van der Waals surface area contributed by atoms with Gasteiger partial charge in [-0.2, -0.15) is 5.26 Å². The number of rotatable bonds is 2. The molecule has 3 rings (SSSR count). The summed E-state index contributed by atoms with van der Waals surface area (Å²) in [5.41, 5.74) is 10.5. The number of nitriles is 1. The smallest absolute Gasteiger partial charge is 0.161 e. The van der Waals surface area contributed by atoms with Crippen LogP contribution in [0.4, 0.5) is 0 Å². The van der Waals surface area contributed by atoms with E-state index >= 15 is 0 Å². The molecular formula is C19H22N4O. The van der Waals surface area contributed by atoms with Crippen molar-refractivity contribution in [3.8, 4) is 6.07 Å². The summed E-state index contributed by atoms with van der Waals surface area (Å²) in [5, 5.41) is 13.4. The van der Waals surface area contributed by atoms with Gasteiger partial charge in [-0.25, -0.2) is 5.01 Å². The van der Waals surface area contributed by atoms with Crippen LogP contribution in [0.15, 0.2) is 46.9 Å². The van der Waals surface area contributed by atoms with E-state index in [1.54, 1.807) is 0 Å². The maximum atomic E-state index is 12.8. The van der Waals surface area contributed by atoms with Gasteiger partial charge in [0.1, 0.15) is 5.82 Å². The standard InChI is InChI=1S/C19H22N4O/c1-12-6-4-7-13(10-12)17-14(11-20)19(21)23(22(2)3)15-8-5-9-16(24)18(15)17/h4,6-7,10,17H,5,8-9,21H2,1-3H3. The zero-order valence-electron chi connectivity index (χ0n) is 14.3. The van der Waals surface area contributed by atoms with Gasteiger partial charge in [-0.05, 0) is 25.3 Å². The van der Waals surface area contributed by atoms with Crippen molar-refractivity contribution >= 4 is 5.78 Å². The Morgan fingerprint density at radius 2 is 2.08 bits per heavy atom. The third kappa shape index (κ3) is 2.49. The SMILES string of the molecule is Cc1cccc(C2C(C#N)=C(N)N(N(C)C)C3=C2C(=O)CCC3)c1. The number of hydrazine groups is 1. The second-order valence-electron chi connectivity index (χ2n) is 6.55. The highest BCUT2D eigenvalue weighted by atomic mass is 16.1. The van der Waals surface area contributed by atoms with Crippen molar-refractivity contribution in [2.75, 3.05) is 14.1 Å². The lowest BCUT2D eigenvalue weighted by atomic mass is 9.76. The maximum absolute atomic E-state index is 12.8. The molecule has 1 aliphatic carbocycles. The third-order valence-electron chi connectivity index (χ3n) is 4.66. The molecule has 0 saturated heterocycles. The van der Waals surface area contributed by atoms with Crippen LogP contribution in [0.3, 0.4) is 0 Å². The molecule has 0 amide bonds. The average molecular weight is 322 g/mol. The molecule has 0 fully saturated rings. The highest BCUT2D eigenvalue weighted by Crippen LogP contribution is 2.44. The molecule has 0 aromatic heterocycles. The molecule has 1 atom stereocenters. The fraction of sp³-hybridized carbons (Fsp3) is 0.368. The van der Waals surface area contributed by atoms with Crippen LogP contribution >= 0.6 is 0 Å². The Balaban J connectivity index is 2.27. The number of carbonyl (C=O) groups excluding carboxylic acids is 1. The van der Waals surface area contributed by atoms with Gasteiger partial charge in [-0.3, -0.25) is 9.80 Å². The second kappa shape index (κ2) is 6.14. The predicted octanol–water partition coefficient (Wildman–Crippen LogP) is 2.57. The number of nitrogens with two attached hydrogens (primary N) is 1. The number of carbonyl (C=O) groups is 1. The minimum absolute atomic E-state index is 0.120. The number of benzene rings is 1. The molecule has 0 saturated carbocycles. The number of aryl methyl sites for hydroxylation is 1. The minimum atomic E-state index is -0.367. The van der Waals surface area contributed by atoms with Crippen LogP contribution < -0.4 is 5.73 Å². The topological polar surface area (TPSA) is 73.4 Å². The lowest BCUT2D eigenvalue weighted by molar-refractivity contribution is -0.116. The lowest BCUT2D eigenvalue weighted by Crippen LogP contribution is -2.45. The molecule has 5 nitrogen and oxygen atoms in total. The minimum Gasteiger partial charge on any atom is -0.383 e. The van der Waals surface area contributed by atoms with Crippen molar-refractivity contribution < 1.29 is 4.79 Å². The maximum Gasteiger partial charge on any atom is 0.161 e. The van der Waals surface area contributed by atoms with Crippen molar-refractivity contribution in [1.29, 1.82) is 5.26 Å². The predicted molar refractivity (Wildman–Crippen MR) is 92.2 cm³/mol. The van der Waals surface area contributed by atoms with E-state index in [1.807, 2.05) is 55.3 Å². The first-order valence-corrected chi connectivity index (χ1v) is 8.15. The van der Waals surface area contributed by atoms with Gasteiger partial charge in [0.2, 0.25) is 0 Å². The van der Waals surface area contributed by atoms with Gasteiger partial charge in [0, 0.05) is 31.8 Å². The summed E-state index contributed by atoms with van der Waals surface area (Å²) in [7, 11) is 3.75. The van der Waals surface area contributed by atoms with Gasteiger partial charge in [-0.15, -0.1) is 0 Å². The number of hydrogen-bond donors (Lipinski definition) is 1. The quantitative estimate of drug-likeness (QED) is 0.906. The first-order chi connectivity index (χ1) is 11.5. The van der Waals surface area contributed by atoms with Gasteiger partial charge in [0.05, 0.1) is 17.6 Å². The van der Waals surface area contributed by atoms with Crippen LogP contribution in [0.25, 0.3) is 0 Å². The highest BCUT2D eigenvalue weighted by molar-refractivity contribution is 5.99. The summed E-state index contributed by atoms with van der Waals surface area (Å²) in [5.74, 6) is 0.172. The fourth-order valence-electron chi connectivity index (χ4n) is 3.71. The van der Waals surface area contributed by atoms with E-state index in [1.165, 1.54) is 0 Å². The Morgan fingerprint density at radius 1 is 1.33 bits per heavy atom. The molecule has 1 heterocycles. The van der Waals surface area contributed by atoms with E-state index in [-0.39, 0.29) is 11.7 Å². The first-order valence-electron chi connectivity index (χ1n) is 8.15. The molecule has 2 N–H and O–H groups in total. The average Bonchev–Trinajstić information content (AvgIpc) is 2.53. The number of hydrogen-bond acceptors (Lipinski definition) is 5. The summed E-state index contributed by atoms with van der Waals surface area (Å²) in [6.45, 7) is 2.01. The van der Waals surface area contributed by atoms with E-state index < -0.39 is 0 Å². The zero-order valence-corrected chi connectivity index (χ0v) is 14.3. The molecule has 0 bridgehead atoms. The monoisotopic (exact) mass is 322 g/mol. The molecular weight excluding hydrogens is 300 g/mol. The van der Waals surface area contributed by atoms with Crippen LogP contribution in [-0.4, -0.2) is 29.9 Å². The fourth-order valence-corrected chi connectivity index (χ4v) is 3.71. The number of nitrogens with zero attached hydrogens (tertiary/aromatic N) is 3. The molecule has 1 aliphatic heterocycles. The number of allylic oxidation sites excluding steroid dienone is 3. The summed E-state index contributed by atoms with van der Waals surface area (Å²) in [4.78, 5) is 12.8. The van der Waals surface area contributed by atoms with Crippen LogP contribution in [0.2, 0.25) is 0 Å². The van der Waals surface area contributed by atoms with Crippen LogP contribution in [-0.2, 0) is 4.79 Å². The van der Waals surface area contributed by atoms with Crippen LogP contribution in [0.5, 0.6) is 0 Å². The van der Waals surface area contributed by atoms with Gasteiger partial charge in [0.15, 0.2) is 5.78 Å². The van der Waals surface area contributed by atoms with Gasteiger partial charge >= 0.3 is 0 Å². The molecule has 1 aromatic rings. The van der Waals surface area contributed by atoms with Crippen molar-refractivity contribution in [1.82, 2.24) is 10.0 Å². The normalized spacial score (nSPS) is 21.2. The molecule has 24 heavy (non-hydrogen) atoms. The van der Waals surface area contributed by atoms with Crippen LogP contribution in [0, 0.1) is 18.3 Å². The number of ketones is 1. The van der Waals surface area contributed by atoms with Gasteiger partial charge < -0.3 is 5.73 Å². The van der Waals surface area contributed by atoms with Crippen molar-refractivity contribution in [2.45, 2.75) is 32.1 Å². The van der Waals surface area contributed by atoms with Gasteiger partial charge in [0.25, 0.3) is 0 Å². The highest BCUT2D eigenvalue weighted by Gasteiger charge is 2.40. The van der Waals surface area contributed by atoms with E-state index in [9.17, 15) is 10.1 Å². The second-order valence-corrected chi connectivity index (χ2v) is 6.55. The Kier molecular flexibility index (Phi) is 4.16. The van der Waals surface area contributed by atoms with Crippen molar-refractivity contribution in [2.24, 2.45) is 5.73 Å². The Bertz CT molecular complexity index is 798. The third-order valence-corrected chi connectivity index (χ3v) is 4.66. The van der Waals surface area contributed by atoms with Crippen LogP contribution in [0.1, 0.15) is 36.3 Å². The summed E-state index contributed by atoms with van der Waals surface area (Å²) in [6, 6.07) is 10.2. The zero-order chi connectivity index (χ0) is 17.4. The molecule has 5 heteroatoms.